The molecule has 0 radical (unpaired) electrons. The number of carbonyl (C=O) groups excluding carboxylic acids is 3. The van der Waals surface area contributed by atoms with E-state index in [9.17, 15) is 14.4 Å². The summed E-state index contributed by atoms with van der Waals surface area (Å²) >= 11 is 0. The van der Waals surface area contributed by atoms with Gasteiger partial charge in [-0.2, -0.15) is 0 Å². The van der Waals surface area contributed by atoms with Crippen LogP contribution in [0.3, 0.4) is 0 Å². The molecule has 1 aliphatic heterocycles. The second-order valence-electron chi connectivity index (χ2n) is 10.6. The maximum Gasteiger partial charge on any atom is 0.251 e. The first-order valence-corrected chi connectivity index (χ1v) is 13.2. The van der Waals surface area contributed by atoms with E-state index in [2.05, 4.69) is 11.4 Å². The third-order valence-electron chi connectivity index (χ3n) is 8.17. The summed E-state index contributed by atoms with van der Waals surface area (Å²) < 4.78 is 0. The molecule has 2 saturated carbocycles. The predicted molar refractivity (Wildman–Crippen MR) is 130 cm³/mol. The van der Waals surface area contributed by atoms with Crippen molar-refractivity contribution in [2.45, 2.75) is 90.0 Å². The van der Waals surface area contributed by atoms with E-state index in [1.54, 1.807) is 0 Å². The lowest BCUT2D eigenvalue weighted by Crippen LogP contribution is -2.48. The van der Waals surface area contributed by atoms with Crippen molar-refractivity contribution in [3.8, 4) is 0 Å². The molecule has 4 rings (SSSR count). The first-order valence-electron chi connectivity index (χ1n) is 13.2. The Morgan fingerprint density at radius 2 is 1.70 bits per heavy atom. The van der Waals surface area contributed by atoms with E-state index in [1.165, 1.54) is 12.0 Å². The minimum atomic E-state index is -0.381. The molecule has 0 aromatic heterocycles. The molecule has 0 spiro atoms. The fraction of sp³-hybridized carbons (Fsp3) is 0.679. The number of likely N-dealkylation sites (tertiary alicyclic amines) is 1. The van der Waals surface area contributed by atoms with Crippen LogP contribution in [0.2, 0.25) is 0 Å². The van der Waals surface area contributed by atoms with Crippen LogP contribution in [0, 0.1) is 17.8 Å². The van der Waals surface area contributed by atoms with Crippen LogP contribution in [-0.2, 0) is 9.59 Å². The van der Waals surface area contributed by atoms with E-state index in [1.807, 2.05) is 36.9 Å². The van der Waals surface area contributed by atoms with Crippen LogP contribution < -0.4 is 5.32 Å². The van der Waals surface area contributed by atoms with Gasteiger partial charge >= 0.3 is 0 Å². The van der Waals surface area contributed by atoms with Gasteiger partial charge in [-0.25, -0.2) is 0 Å². The predicted octanol–water partition coefficient (Wildman–Crippen LogP) is 5.10. The van der Waals surface area contributed by atoms with Crippen LogP contribution in [0.5, 0.6) is 0 Å². The lowest BCUT2D eigenvalue weighted by Gasteiger charge is -2.33. The summed E-state index contributed by atoms with van der Waals surface area (Å²) in [5.41, 5.74) is 1.81. The van der Waals surface area contributed by atoms with Crippen molar-refractivity contribution < 1.29 is 14.4 Å². The van der Waals surface area contributed by atoms with E-state index < -0.39 is 0 Å². The summed E-state index contributed by atoms with van der Waals surface area (Å²) in [7, 11) is 0. The van der Waals surface area contributed by atoms with E-state index in [4.69, 9.17) is 0 Å². The first-order chi connectivity index (χ1) is 16.0. The molecular weight excluding hydrogens is 412 g/mol. The molecule has 3 aliphatic rings. The Kier molecular flexibility index (Phi) is 7.87. The molecule has 1 aromatic rings. The Balaban J connectivity index is 1.41. The molecule has 33 heavy (non-hydrogen) atoms. The Morgan fingerprint density at radius 1 is 1.00 bits per heavy atom. The molecule has 5 heteroatoms. The monoisotopic (exact) mass is 452 g/mol. The summed E-state index contributed by atoms with van der Waals surface area (Å²) in [5.74, 6) is 1.25. The molecule has 2 aliphatic carbocycles. The van der Waals surface area contributed by atoms with Crippen LogP contribution >= 0.6 is 0 Å². The van der Waals surface area contributed by atoms with Crippen molar-refractivity contribution in [2.75, 3.05) is 13.1 Å². The molecular formula is C28H40N2O3. The molecule has 0 bridgehead atoms. The fourth-order valence-electron chi connectivity index (χ4n) is 5.58. The van der Waals surface area contributed by atoms with E-state index >= 15 is 0 Å². The highest BCUT2D eigenvalue weighted by Crippen LogP contribution is 2.35. The number of nitrogens with one attached hydrogen (secondary N) is 1. The number of amides is 2. The van der Waals surface area contributed by atoms with Gasteiger partial charge in [0.05, 0.1) is 6.04 Å². The number of carbonyl (C=O) groups is 3. The number of Topliss-reactive ketones (excluding diaryl/α,β-unsaturated/α-hetero) is 1. The van der Waals surface area contributed by atoms with Gasteiger partial charge in [0.25, 0.3) is 5.91 Å². The number of rotatable bonds is 8. The summed E-state index contributed by atoms with van der Waals surface area (Å²) in [6.07, 6.45) is 10.3. The first kappa shape index (κ1) is 24.0. The average molecular weight is 453 g/mol. The van der Waals surface area contributed by atoms with Crippen LogP contribution in [0.25, 0.3) is 0 Å². The Morgan fingerprint density at radius 3 is 2.33 bits per heavy atom. The van der Waals surface area contributed by atoms with Crippen LogP contribution in [0.4, 0.5) is 0 Å². The molecule has 5 nitrogen and oxygen atoms in total. The normalized spacial score (nSPS) is 21.9. The third kappa shape index (κ3) is 5.85. The number of piperidine rings is 1. The summed E-state index contributed by atoms with van der Waals surface area (Å²) in [6, 6.07) is 7.54. The number of nitrogens with zero attached hydrogens (tertiary/aromatic N) is 1. The van der Waals surface area contributed by atoms with Crippen LogP contribution in [0.1, 0.15) is 99.9 Å². The third-order valence-corrected chi connectivity index (χ3v) is 8.17. The van der Waals surface area contributed by atoms with Crippen molar-refractivity contribution in [1.29, 1.82) is 0 Å². The van der Waals surface area contributed by atoms with Gasteiger partial charge in [0, 0.05) is 30.5 Å². The number of ketones is 1. The molecule has 2 atom stereocenters. The Bertz CT molecular complexity index is 848. The van der Waals surface area contributed by atoms with Gasteiger partial charge in [-0.05, 0) is 74.5 Å². The highest BCUT2D eigenvalue weighted by molar-refractivity contribution is 5.98. The zero-order valence-electron chi connectivity index (χ0n) is 20.4. The molecule has 2 amide bonds. The lowest BCUT2D eigenvalue weighted by molar-refractivity contribution is -0.133. The summed E-state index contributed by atoms with van der Waals surface area (Å²) in [6.45, 7) is 5.63. The van der Waals surface area contributed by atoms with E-state index in [0.29, 0.717) is 17.4 Å². The quantitative estimate of drug-likeness (QED) is 0.597. The highest BCUT2D eigenvalue weighted by atomic mass is 16.2. The second-order valence-corrected chi connectivity index (χ2v) is 10.6. The van der Waals surface area contributed by atoms with Gasteiger partial charge in [-0.3, -0.25) is 14.4 Å². The minimum absolute atomic E-state index is 0.0351. The molecule has 3 fully saturated rings. The van der Waals surface area contributed by atoms with E-state index in [-0.39, 0.29) is 35.5 Å². The number of hydrogen-bond donors (Lipinski definition) is 1. The molecule has 180 valence electrons. The zero-order chi connectivity index (χ0) is 23.4. The molecule has 1 N–H and O–H groups in total. The summed E-state index contributed by atoms with van der Waals surface area (Å²) in [5, 5.41) is 3.15. The van der Waals surface area contributed by atoms with Gasteiger partial charge in [0.15, 0.2) is 5.78 Å². The van der Waals surface area contributed by atoms with Gasteiger partial charge in [0.2, 0.25) is 5.91 Å². The molecule has 1 aromatic carbocycles. The topological polar surface area (TPSA) is 66.5 Å². The number of benzene rings is 1. The van der Waals surface area contributed by atoms with Crippen molar-refractivity contribution in [2.24, 2.45) is 17.8 Å². The lowest BCUT2D eigenvalue weighted by atomic mass is 9.79. The molecule has 1 heterocycles. The smallest absolute Gasteiger partial charge is 0.251 e. The van der Waals surface area contributed by atoms with Gasteiger partial charge < -0.3 is 10.2 Å². The second kappa shape index (κ2) is 10.8. The molecule has 1 unspecified atom stereocenters. The maximum absolute atomic E-state index is 13.3. The van der Waals surface area contributed by atoms with Crippen molar-refractivity contribution >= 4 is 17.6 Å². The van der Waals surface area contributed by atoms with Crippen molar-refractivity contribution in [3.05, 3.63) is 35.4 Å². The number of hydrogen-bond acceptors (Lipinski definition) is 3. The minimum Gasteiger partial charge on any atom is -0.342 e. The van der Waals surface area contributed by atoms with Gasteiger partial charge in [-0.1, -0.05) is 45.2 Å². The highest BCUT2D eigenvalue weighted by Gasteiger charge is 2.35. The molecule has 1 saturated heterocycles. The fourth-order valence-corrected chi connectivity index (χ4v) is 5.58. The van der Waals surface area contributed by atoms with Gasteiger partial charge in [0.1, 0.15) is 0 Å². The average Bonchev–Trinajstić information content (AvgIpc) is 3.72. The van der Waals surface area contributed by atoms with Crippen molar-refractivity contribution in [1.82, 2.24) is 10.2 Å². The van der Waals surface area contributed by atoms with Crippen LogP contribution in [0.15, 0.2) is 24.3 Å². The largest absolute Gasteiger partial charge is 0.342 e. The summed E-state index contributed by atoms with van der Waals surface area (Å²) in [4.78, 5) is 40.8. The van der Waals surface area contributed by atoms with Crippen LogP contribution in [-0.4, -0.2) is 41.6 Å². The zero-order valence-corrected chi connectivity index (χ0v) is 20.4. The van der Waals surface area contributed by atoms with Crippen molar-refractivity contribution in [3.63, 3.8) is 0 Å². The standard InChI is InChI=1S/C28H40N2O3/c1-3-19(2)26(31)25(21-8-5-4-6-9-21)29-27(32)24-11-7-10-23(18-24)20-14-16-30(17-15-20)28(33)22-12-13-22/h7,10-11,18-22,25H,3-6,8-9,12-17H2,1-2H3,(H,29,32)/t19?,25-/m1/s1. The van der Waals surface area contributed by atoms with E-state index in [0.717, 1.165) is 70.9 Å². The van der Waals surface area contributed by atoms with Gasteiger partial charge in [-0.15, -0.1) is 0 Å². The Hall–Kier alpha value is -2.17. The SMILES string of the molecule is CCC(C)C(=O)[C@H](NC(=O)c1cccc(C2CCN(C(=O)C3CC3)CC2)c1)C1CCCCC1. The maximum atomic E-state index is 13.3. The Labute approximate surface area is 198 Å².